The number of nitrogens with zero attached hydrogens (tertiary/aromatic N) is 1. The molecule has 0 spiro atoms. The molecule has 1 saturated heterocycles. The number of nitrogens with two attached hydrogens (primary N) is 1. The molecule has 36 heavy (non-hydrogen) atoms. The van der Waals surface area contributed by atoms with Gasteiger partial charge in [-0.25, -0.2) is 0 Å². The summed E-state index contributed by atoms with van der Waals surface area (Å²) in [5, 5.41) is 43.7. The van der Waals surface area contributed by atoms with Gasteiger partial charge in [0.1, 0.15) is 36.6 Å². The number of unbranched alkanes of at least 4 members (excludes halogenated alkanes) is 2. The van der Waals surface area contributed by atoms with Crippen molar-refractivity contribution >= 4 is 29.5 Å². The number of hydrogen-bond acceptors (Lipinski definition) is 10. The zero-order valence-electron chi connectivity index (χ0n) is 19.7. The number of ether oxygens (including phenoxy) is 1. The molecular weight excluding hydrogens is 480 g/mol. The minimum Gasteiger partial charge on any atom is -0.394 e. The molecule has 2 aliphatic heterocycles. The van der Waals surface area contributed by atoms with Crippen LogP contribution in [0.3, 0.4) is 0 Å². The number of carbonyl (C=O) groups is 5. The van der Waals surface area contributed by atoms with Crippen molar-refractivity contribution < 1.29 is 49.1 Å². The third kappa shape index (κ3) is 8.34. The van der Waals surface area contributed by atoms with Crippen LogP contribution in [0.1, 0.15) is 38.5 Å². The number of rotatable bonds is 14. The van der Waals surface area contributed by atoms with Gasteiger partial charge in [0.25, 0.3) is 11.8 Å². The molecule has 1 unspecified atom stereocenters. The lowest BCUT2D eigenvalue weighted by Gasteiger charge is -2.40. The average molecular weight is 515 g/mol. The zero-order chi connectivity index (χ0) is 26.8. The normalized spacial score (nSPS) is 26.7. The van der Waals surface area contributed by atoms with E-state index in [2.05, 4.69) is 10.6 Å². The SMILES string of the molecule is NC(=O)C(CCC(=O)NC[C@@H]1O[C@H](CO)[C@@H](O)[C@H](O)[C@H]1O)NC(=O)CCCCCN1C(=O)C=CC1=O. The van der Waals surface area contributed by atoms with Crippen molar-refractivity contribution in [1.29, 1.82) is 0 Å². The van der Waals surface area contributed by atoms with Crippen molar-refractivity contribution in [3.63, 3.8) is 0 Å². The minimum absolute atomic E-state index is 0.0756. The highest BCUT2D eigenvalue weighted by atomic mass is 16.5. The largest absolute Gasteiger partial charge is 0.394 e. The fourth-order valence-electron chi connectivity index (χ4n) is 3.86. The van der Waals surface area contributed by atoms with Gasteiger partial charge in [-0.3, -0.25) is 28.9 Å². The van der Waals surface area contributed by atoms with E-state index in [0.29, 0.717) is 19.3 Å². The third-order valence-corrected chi connectivity index (χ3v) is 6.02. The molecule has 0 aromatic rings. The Kier molecular flexibility index (Phi) is 11.4. The average Bonchev–Trinajstić information content (AvgIpc) is 3.16. The van der Waals surface area contributed by atoms with Crippen molar-refractivity contribution in [2.45, 2.75) is 75.1 Å². The van der Waals surface area contributed by atoms with Gasteiger partial charge in [-0.15, -0.1) is 0 Å². The summed E-state index contributed by atoms with van der Waals surface area (Å²) < 4.78 is 5.30. The van der Waals surface area contributed by atoms with Gasteiger partial charge in [0.05, 0.1) is 6.61 Å². The van der Waals surface area contributed by atoms with Crippen molar-refractivity contribution in [2.75, 3.05) is 19.7 Å². The molecule has 202 valence electrons. The number of aliphatic hydroxyl groups excluding tert-OH is 4. The van der Waals surface area contributed by atoms with Crippen LogP contribution >= 0.6 is 0 Å². The second kappa shape index (κ2) is 14.0. The Morgan fingerprint density at radius 1 is 0.944 bits per heavy atom. The summed E-state index contributed by atoms with van der Waals surface area (Å²) in [5.74, 6) is -2.51. The number of primary amides is 1. The second-order valence-electron chi connectivity index (χ2n) is 8.70. The van der Waals surface area contributed by atoms with Gasteiger partial charge >= 0.3 is 0 Å². The van der Waals surface area contributed by atoms with E-state index in [1.807, 2.05) is 0 Å². The zero-order valence-corrected chi connectivity index (χ0v) is 19.7. The minimum atomic E-state index is -1.56. The summed E-state index contributed by atoms with van der Waals surface area (Å²) in [5.41, 5.74) is 5.32. The Bertz CT molecular complexity index is 831. The van der Waals surface area contributed by atoms with Gasteiger partial charge in [0.15, 0.2) is 0 Å². The van der Waals surface area contributed by atoms with Crippen LogP contribution in [0.25, 0.3) is 0 Å². The first kappa shape index (κ1) is 29.3. The molecule has 2 aliphatic rings. The number of amides is 5. The van der Waals surface area contributed by atoms with Gasteiger partial charge < -0.3 is 41.5 Å². The molecule has 0 radical (unpaired) electrons. The Labute approximate surface area is 207 Å². The molecule has 0 aromatic heterocycles. The van der Waals surface area contributed by atoms with Gasteiger partial charge in [0, 0.05) is 38.1 Å². The molecule has 0 saturated carbocycles. The Morgan fingerprint density at radius 3 is 2.19 bits per heavy atom. The summed E-state index contributed by atoms with van der Waals surface area (Å²) in [6, 6.07) is -1.08. The Balaban J connectivity index is 1.66. The fourth-order valence-corrected chi connectivity index (χ4v) is 3.86. The van der Waals surface area contributed by atoms with Crippen molar-refractivity contribution in [2.24, 2.45) is 5.73 Å². The fraction of sp³-hybridized carbons (Fsp3) is 0.682. The second-order valence-corrected chi connectivity index (χ2v) is 8.70. The summed E-state index contributed by atoms with van der Waals surface area (Å²) in [6.07, 6.45) is -2.93. The highest BCUT2D eigenvalue weighted by molar-refractivity contribution is 6.12. The smallest absolute Gasteiger partial charge is 0.253 e. The summed E-state index contributed by atoms with van der Waals surface area (Å²) in [4.78, 5) is 60.1. The van der Waals surface area contributed by atoms with E-state index in [1.54, 1.807) is 0 Å². The number of carbonyl (C=O) groups excluding carboxylic acids is 5. The van der Waals surface area contributed by atoms with Crippen LogP contribution in [0.5, 0.6) is 0 Å². The summed E-state index contributed by atoms with van der Waals surface area (Å²) >= 11 is 0. The van der Waals surface area contributed by atoms with Crippen LogP contribution in [0, 0.1) is 0 Å². The molecule has 1 fully saturated rings. The quantitative estimate of drug-likeness (QED) is 0.0882. The number of nitrogens with one attached hydrogen (secondary N) is 2. The lowest BCUT2D eigenvalue weighted by Crippen LogP contribution is -2.60. The maximum Gasteiger partial charge on any atom is 0.253 e. The first-order valence-electron chi connectivity index (χ1n) is 11.7. The number of aliphatic hydroxyl groups is 4. The highest BCUT2D eigenvalue weighted by Crippen LogP contribution is 2.20. The molecule has 0 bridgehead atoms. The van der Waals surface area contributed by atoms with Crippen LogP contribution in [-0.2, 0) is 28.7 Å². The molecular formula is C22H34N4O10. The van der Waals surface area contributed by atoms with E-state index >= 15 is 0 Å². The van der Waals surface area contributed by atoms with Crippen LogP contribution in [-0.4, -0.2) is 111 Å². The molecule has 14 heteroatoms. The molecule has 0 aromatic carbocycles. The van der Waals surface area contributed by atoms with Gasteiger partial charge in [-0.1, -0.05) is 6.42 Å². The molecule has 14 nitrogen and oxygen atoms in total. The van der Waals surface area contributed by atoms with Crippen molar-refractivity contribution in [1.82, 2.24) is 15.5 Å². The van der Waals surface area contributed by atoms with E-state index in [0.717, 1.165) is 4.90 Å². The third-order valence-electron chi connectivity index (χ3n) is 6.02. The van der Waals surface area contributed by atoms with Gasteiger partial charge in [-0.2, -0.15) is 0 Å². The molecule has 2 rings (SSSR count). The standard InChI is InChI=1S/C22H34N4O10/c23-22(35)12(25-16(29)4-2-1-3-9-26-17(30)7-8-18(26)31)5-6-15(28)24-10-13-19(32)21(34)20(33)14(11-27)36-13/h7-8,12-14,19-21,27,32-34H,1-6,9-11H2,(H2,23,35)(H,24,28)(H,25,29)/t12?,13-,14+,19-,20+,21+/m0/s1. The molecule has 5 amide bonds. The molecule has 6 atom stereocenters. The Hall–Kier alpha value is -2.91. The monoisotopic (exact) mass is 514 g/mol. The van der Waals surface area contributed by atoms with E-state index in [-0.39, 0.29) is 44.2 Å². The lowest BCUT2D eigenvalue weighted by molar-refractivity contribution is -0.227. The predicted molar refractivity (Wildman–Crippen MR) is 121 cm³/mol. The van der Waals surface area contributed by atoms with Gasteiger partial charge in [0.2, 0.25) is 17.7 Å². The molecule has 2 heterocycles. The van der Waals surface area contributed by atoms with Crippen LogP contribution in [0.15, 0.2) is 12.2 Å². The van der Waals surface area contributed by atoms with Crippen molar-refractivity contribution in [3.8, 4) is 0 Å². The van der Waals surface area contributed by atoms with Crippen molar-refractivity contribution in [3.05, 3.63) is 12.2 Å². The van der Waals surface area contributed by atoms with E-state index in [1.165, 1.54) is 12.2 Å². The van der Waals surface area contributed by atoms with Crippen LogP contribution < -0.4 is 16.4 Å². The van der Waals surface area contributed by atoms with Crippen LogP contribution in [0.2, 0.25) is 0 Å². The Morgan fingerprint density at radius 2 is 1.58 bits per heavy atom. The lowest BCUT2D eigenvalue weighted by atomic mass is 9.95. The first-order valence-corrected chi connectivity index (χ1v) is 11.7. The maximum absolute atomic E-state index is 12.2. The topological polar surface area (TPSA) is 229 Å². The maximum atomic E-state index is 12.2. The molecule has 8 N–H and O–H groups in total. The first-order chi connectivity index (χ1) is 17.0. The van der Waals surface area contributed by atoms with E-state index < -0.39 is 60.9 Å². The summed E-state index contributed by atoms with van der Waals surface area (Å²) in [7, 11) is 0. The number of imide groups is 1. The van der Waals surface area contributed by atoms with E-state index in [4.69, 9.17) is 10.5 Å². The van der Waals surface area contributed by atoms with E-state index in [9.17, 15) is 44.4 Å². The van der Waals surface area contributed by atoms with Crippen LogP contribution in [0.4, 0.5) is 0 Å². The highest BCUT2D eigenvalue weighted by Gasteiger charge is 2.43. The predicted octanol–water partition coefficient (Wildman–Crippen LogP) is -3.82. The summed E-state index contributed by atoms with van der Waals surface area (Å²) in [6.45, 7) is -0.558. The van der Waals surface area contributed by atoms with Gasteiger partial charge in [-0.05, 0) is 19.3 Å². The number of hydrogen-bond donors (Lipinski definition) is 7. The molecule has 0 aliphatic carbocycles.